The number of benzene rings is 1. The van der Waals surface area contributed by atoms with E-state index in [1.165, 1.54) is 6.07 Å². The van der Waals surface area contributed by atoms with E-state index in [0.717, 1.165) is 6.42 Å². The van der Waals surface area contributed by atoms with Gasteiger partial charge >= 0.3 is 0 Å². The molecule has 1 aromatic heterocycles. The fraction of sp³-hybridized carbons (Fsp3) is 0.308. The van der Waals surface area contributed by atoms with Crippen LogP contribution in [0.4, 0.5) is 4.39 Å². The minimum absolute atomic E-state index is 0.0180. The average Bonchev–Trinajstić information content (AvgIpc) is 2.81. The van der Waals surface area contributed by atoms with Crippen LogP contribution < -0.4 is 0 Å². The Morgan fingerprint density at radius 1 is 1.41 bits per heavy atom. The summed E-state index contributed by atoms with van der Waals surface area (Å²) in [7, 11) is 0. The predicted octanol–water partition coefficient (Wildman–Crippen LogP) is 2.70. The maximum absolute atomic E-state index is 13.6. The molecule has 1 unspecified atom stereocenters. The van der Waals surface area contributed by atoms with E-state index in [1.54, 1.807) is 24.4 Å². The van der Waals surface area contributed by atoms with Gasteiger partial charge in [-0.25, -0.2) is 9.37 Å². The molecule has 90 valence electrons. The molecule has 2 N–H and O–H groups in total. The van der Waals surface area contributed by atoms with Crippen molar-refractivity contribution in [3.63, 3.8) is 0 Å². The summed E-state index contributed by atoms with van der Waals surface area (Å²) in [6, 6.07) is 6.55. The van der Waals surface area contributed by atoms with Gasteiger partial charge in [0.2, 0.25) is 0 Å². The van der Waals surface area contributed by atoms with E-state index in [4.69, 9.17) is 0 Å². The average molecular weight is 234 g/mol. The first-order valence-electron chi connectivity index (χ1n) is 5.67. The lowest BCUT2D eigenvalue weighted by Crippen LogP contribution is -2.04. The Hall–Kier alpha value is -1.68. The first-order chi connectivity index (χ1) is 8.26. The van der Waals surface area contributed by atoms with Crippen LogP contribution in [-0.4, -0.2) is 21.7 Å². The summed E-state index contributed by atoms with van der Waals surface area (Å²) >= 11 is 0. The number of aromatic nitrogens is 2. The molecule has 0 aliphatic rings. The maximum atomic E-state index is 13.6. The molecule has 0 spiro atoms. The Bertz CT molecular complexity index is 492. The molecule has 0 bridgehead atoms. The normalized spacial score (nSPS) is 12.6. The van der Waals surface area contributed by atoms with Crippen molar-refractivity contribution in [1.29, 1.82) is 0 Å². The van der Waals surface area contributed by atoms with E-state index in [0.29, 0.717) is 17.1 Å². The van der Waals surface area contributed by atoms with Crippen molar-refractivity contribution in [3.05, 3.63) is 42.1 Å². The van der Waals surface area contributed by atoms with Gasteiger partial charge in [-0.15, -0.1) is 0 Å². The second-order valence-electron chi connectivity index (χ2n) is 3.95. The molecule has 0 saturated heterocycles. The molecule has 0 aliphatic heterocycles. The van der Waals surface area contributed by atoms with Crippen LogP contribution in [-0.2, 0) is 0 Å². The van der Waals surface area contributed by atoms with E-state index in [-0.39, 0.29) is 18.3 Å². The second-order valence-corrected chi connectivity index (χ2v) is 3.95. The summed E-state index contributed by atoms with van der Waals surface area (Å²) in [6.45, 7) is 2.02. The van der Waals surface area contributed by atoms with Crippen molar-refractivity contribution >= 4 is 0 Å². The van der Waals surface area contributed by atoms with E-state index in [1.807, 2.05) is 6.92 Å². The number of nitrogens with zero attached hydrogens (tertiary/aromatic N) is 1. The Morgan fingerprint density at radius 2 is 2.18 bits per heavy atom. The maximum Gasteiger partial charge on any atom is 0.132 e. The number of imidazole rings is 1. The van der Waals surface area contributed by atoms with Gasteiger partial charge in [-0.3, -0.25) is 0 Å². The summed E-state index contributed by atoms with van der Waals surface area (Å²) in [5.41, 5.74) is 1.14. The molecule has 17 heavy (non-hydrogen) atoms. The molecule has 0 aliphatic carbocycles. The van der Waals surface area contributed by atoms with Gasteiger partial charge in [0.1, 0.15) is 11.6 Å². The summed E-state index contributed by atoms with van der Waals surface area (Å²) in [5, 5.41) is 9.18. The molecular weight excluding hydrogens is 219 g/mol. The highest BCUT2D eigenvalue weighted by atomic mass is 19.1. The van der Waals surface area contributed by atoms with Crippen molar-refractivity contribution in [2.45, 2.75) is 19.3 Å². The summed E-state index contributed by atoms with van der Waals surface area (Å²) in [4.78, 5) is 7.25. The summed E-state index contributed by atoms with van der Waals surface area (Å²) in [5.74, 6) is 0.406. The third-order valence-electron chi connectivity index (χ3n) is 2.86. The van der Waals surface area contributed by atoms with Crippen LogP contribution in [0.5, 0.6) is 0 Å². The highest BCUT2D eigenvalue weighted by Crippen LogP contribution is 2.23. The monoisotopic (exact) mass is 234 g/mol. The van der Waals surface area contributed by atoms with Gasteiger partial charge in [0.15, 0.2) is 0 Å². The zero-order chi connectivity index (χ0) is 12.3. The zero-order valence-electron chi connectivity index (χ0n) is 9.65. The van der Waals surface area contributed by atoms with Crippen LogP contribution in [0.15, 0.2) is 30.5 Å². The van der Waals surface area contributed by atoms with Gasteiger partial charge in [0.05, 0.1) is 18.5 Å². The second kappa shape index (κ2) is 5.10. The van der Waals surface area contributed by atoms with Gasteiger partial charge in [-0.2, -0.15) is 0 Å². The van der Waals surface area contributed by atoms with Crippen LogP contribution in [0.25, 0.3) is 11.3 Å². The zero-order valence-corrected chi connectivity index (χ0v) is 9.65. The number of hydrogen-bond acceptors (Lipinski definition) is 2. The molecule has 0 radical (unpaired) electrons. The molecule has 3 nitrogen and oxygen atoms in total. The quantitative estimate of drug-likeness (QED) is 0.854. The molecule has 0 fully saturated rings. The van der Waals surface area contributed by atoms with Crippen LogP contribution >= 0.6 is 0 Å². The molecule has 4 heteroatoms. The molecule has 1 aromatic carbocycles. The van der Waals surface area contributed by atoms with E-state index in [9.17, 15) is 9.50 Å². The fourth-order valence-electron chi connectivity index (χ4n) is 1.77. The SMILES string of the molecule is CCC(CO)c1ncc(-c2ccccc2F)[nH]1. The predicted molar refractivity (Wildman–Crippen MR) is 64.1 cm³/mol. The fourth-order valence-corrected chi connectivity index (χ4v) is 1.77. The number of rotatable bonds is 4. The minimum atomic E-state index is -0.278. The number of H-pyrrole nitrogens is 1. The highest BCUT2D eigenvalue weighted by molar-refractivity contribution is 5.59. The molecule has 2 rings (SSSR count). The highest BCUT2D eigenvalue weighted by Gasteiger charge is 2.13. The molecule has 2 aromatic rings. The Morgan fingerprint density at radius 3 is 2.82 bits per heavy atom. The molecule has 0 saturated carbocycles. The Balaban J connectivity index is 2.33. The van der Waals surface area contributed by atoms with Crippen molar-refractivity contribution in [2.24, 2.45) is 0 Å². The number of halogens is 1. The first kappa shape index (κ1) is 11.8. The topological polar surface area (TPSA) is 48.9 Å². The van der Waals surface area contributed by atoms with Gasteiger partial charge in [-0.1, -0.05) is 19.1 Å². The van der Waals surface area contributed by atoms with Crippen LogP contribution in [0, 0.1) is 5.82 Å². The number of nitrogens with one attached hydrogen (secondary N) is 1. The number of aliphatic hydroxyl groups excluding tert-OH is 1. The number of aromatic amines is 1. The number of aliphatic hydroxyl groups is 1. The van der Waals surface area contributed by atoms with Gasteiger partial charge in [0.25, 0.3) is 0 Å². The largest absolute Gasteiger partial charge is 0.396 e. The Labute approximate surface area is 99.3 Å². The standard InChI is InChI=1S/C13H15FN2O/c1-2-9(8-17)13-15-7-12(16-13)10-5-3-4-6-11(10)14/h3-7,9,17H,2,8H2,1H3,(H,15,16). The van der Waals surface area contributed by atoms with Crippen LogP contribution in [0.1, 0.15) is 25.1 Å². The smallest absolute Gasteiger partial charge is 0.132 e. The van der Waals surface area contributed by atoms with E-state index in [2.05, 4.69) is 9.97 Å². The first-order valence-corrected chi connectivity index (χ1v) is 5.67. The lowest BCUT2D eigenvalue weighted by molar-refractivity contribution is 0.258. The number of hydrogen-bond donors (Lipinski definition) is 2. The van der Waals surface area contributed by atoms with Gasteiger partial charge in [0, 0.05) is 11.5 Å². The van der Waals surface area contributed by atoms with Crippen molar-refractivity contribution in [1.82, 2.24) is 9.97 Å². The van der Waals surface area contributed by atoms with Crippen molar-refractivity contribution in [2.75, 3.05) is 6.61 Å². The lowest BCUT2D eigenvalue weighted by Gasteiger charge is -2.07. The Kier molecular flexibility index (Phi) is 3.54. The third-order valence-corrected chi connectivity index (χ3v) is 2.86. The third kappa shape index (κ3) is 2.36. The summed E-state index contributed by atoms with van der Waals surface area (Å²) < 4.78 is 13.6. The molecule has 1 heterocycles. The molecular formula is C13H15FN2O. The van der Waals surface area contributed by atoms with Crippen LogP contribution in [0.2, 0.25) is 0 Å². The molecule has 0 amide bonds. The molecule has 1 atom stereocenters. The van der Waals surface area contributed by atoms with Crippen molar-refractivity contribution in [3.8, 4) is 11.3 Å². The van der Waals surface area contributed by atoms with Gasteiger partial charge < -0.3 is 10.1 Å². The van der Waals surface area contributed by atoms with E-state index < -0.39 is 0 Å². The lowest BCUT2D eigenvalue weighted by atomic mass is 10.1. The van der Waals surface area contributed by atoms with Crippen LogP contribution in [0.3, 0.4) is 0 Å². The minimum Gasteiger partial charge on any atom is -0.396 e. The van der Waals surface area contributed by atoms with E-state index >= 15 is 0 Å². The van der Waals surface area contributed by atoms with Crippen molar-refractivity contribution < 1.29 is 9.50 Å². The summed E-state index contributed by atoms with van der Waals surface area (Å²) in [6.07, 6.45) is 2.40. The van der Waals surface area contributed by atoms with Gasteiger partial charge in [-0.05, 0) is 18.6 Å².